The molecule has 0 unspecified atom stereocenters. The molecular formula is C23H27N5O2S. The number of amides is 2. The summed E-state index contributed by atoms with van der Waals surface area (Å²) in [6.45, 7) is 8.44. The van der Waals surface area contributed by atoms with E-state index >= 15 is 0 Å². The van der Waals surface area contributed by atoms with E-state index in [9.17, 15) is 9.59 Å². The number of benzene rings is 2. The number of nitrogens with one attached hydrogen (secondary N) is 2. The van der Waals surface area contributed by atoms with Crippen molar-refractivity contribution in [1.82, 2.24) is 20.1 Å². The van der Waals surface area contributed by atoms with Gasteiger partial charge in [0.1, 0.15) is 0 Å². The first-order valence-electron chi connectivity index (χ1n) is 10.2. The molecule has 162 valence electrons. The van der Waals surface area contributed by atoms with Gasteiger partial charge in [-0.25, -0.2) is 0 Å². The van der Waals surface area contributed by atoms with Crippen LogP contribution in [0, 0.1) is 13.8 Å². The highest BCUT2D eigenvalue weighted by molar-refractivity contribution is 7.99. The van der Waals surface area contributed by atoms with Gasteiger partial charge in [-0.1, -0.05) is 48.2 Å². The fourth-order valence-electron chi connectivity index (χ4n) is 3.28. The molecule has 1 aromatic heterocycles. The van der Waals surface area contributed by atoms with Gasteiger partial charge in [0.25, 0.3) is 5.91 Å². The molecule has 3 aromatic rings. The molecule has 1 heterocycles. The van der Waals surface area contributed by atoms with E-state index in [2.05, 4.69) is 20.8 Å². The minimum atomic E-state index is -0.321. The summed E-state index contributed by atoms with van der Waals surface area (Å²) in [5, 5.41) is 15.1. The van der Waals surface area contributed by atoms with Crippen LogP contribution in [0.3, 0.4) is 0 Å². The van der Waals surface area contributed by atoms with Crippen LogP contribution in [0.4, 0.5) is 5.69 Å². The molecule has 0 aliphatic carbocycles. The molecule has 0 bridgehead atoms. The van der Waals surface area contributed by atoms with Crippen LogP contribution < -0.4 is 10.6 Å². The second kappa shape index (κ2) is 10.3. The van der Waals surface area contributed by atoms with Crippen molar-refractivity contribution in [3.05, 3.63) is 71.0 Å². The molecular weight excluding hydrogens is 410 g/mol. The highest BCUT2D eigenvalue weighted by atomic mass is 32.2. The van der Waals surface area contributed by atoms with Crippen LogP contribution in [0.1, 0.15) is 47.2 Å². The standard InChI is InChI=1S/C23H27N5O2S/c1-5-28-21(17(4)24-22(30)18-12-7-6-8-13-18)26-27-23(28)31-14-19(29)25-20-15(2)10-9-11-16(20)3/h6-13,17H,5,14H2,1-4H3,(H,24,30)(H,25,29)/t17-/m1/s1. The Kier molecular flexibility index (Phi) is 7.46. The Morgan fingerprint density at radius 2 is 1.71 bits per heavy atom. The summed E-state index contributed by atoms with van der Waals surface area (Å²) in [6.07, 6.45) is 0. The number of aryl methyl sites for hydroxylation is 2. The molecule has 3 rings (SSSR count). The molecule has 0 saturated heterocycles. The molecule has 2 aromatic carbocycles. The van der Waals surface area contributed by atoms with Crippen molar-refractivity contribution in [3.63, 3.8) is 0 Å². The van der Waals surface area contributed by atoms with Gasteiger partial charge in [0, 0.05) is 17.8 Å². The average Bonchev–Trinajstić information content (AvgIpc) is 3.18. The van der Waals surface area contributed by atoms with Gasteiger partial charge in [0.15, 0.2) is 11.0 Å². The Morgan fingerprint density at radius 1 is 1.03 bits per heavy atom. The molecule has 2 N–H and O–H groups in total. The fourth-order valence-corrected chi connectivity index (χ4v) is 4.09. The Morgan fingerprint density at radius 3 is 2.35 bits per heavy atom. The zero-order chi connectivity index (χ0) is 22.4. The first-order chi connectivity index (χ1) is 14.9. The van der Waals surface area contributed by atoms with Crippen LogP contribution in [0.25, 0.3) is 0 Å². The van der Waals surface area contributed by atoms with Crippen LogP contribution in [0.15, 0.2) is 53.7 Å². The van der Waals surface area contributed by atoms with Gasteiger partial charge in [-0.05, 0) is 51.0 Å². The van der Waals surface area contributed by atoms with E-state index in [1.807, 2.05) is 68.7 Å². The summed E-state index contributed by atoms with van der Waals surface area (Å²) in [4.78, 5) is 24.9. The monoisotopic (exact) mass is 437 g/mol. The van der Waals surface area contributed by atoms with Gasteiger partial charge < -0.3 is 15.2 Å². The van der Waals surface area contributed by atoms with Crippen molar-refractivity contribution < 1.29 is 9.59 Å². The molecule has 0 radical (unpaired) electrons. The van der Waals surface area contributed by atoms with Crippen molar-refractivity contribution in [2.45, 2.75) is 45.4 Å². The third-order valence-corrected chi connectivity index (χ3v) is 5.88. The minimum absolute atomic E-state index is 0.0972. The normalized spacial score (nSPS) is 11.7. The summed E-state index contributed by atoms with van der Waals surface area (Å²) in [5.41, 5.74) is 3.50. The smallest absolute Gasteiger partial charge is 0.251 e. The number of carbonyl (C=O) groups excluding carboxylic acids is 2. The lowest BCUT2D eigenvalue weighted by Gasteiger charge is -2.15. The molecule has 0 spiro atoms. The maximum atomic E-state index is 12.5. The van der Waals surface area contributed by atoms with E-state index in [4.69, 9.17) is 0 Å². The van der Waals surface area contributed by atoms with E-state index in [0.29, 0.717) is 23.1 Å². The number of hydrogen-bond donors (Lipinski definition) is 2. The summed E-state index contributed by atoms with van der Waals surface area (Å²) >= 11 is 1.33. The van der Waals surface area contributed by atoms with Gasteiger partial charge >= 0.3 is 0 Å². The second-order valence-corrected chi connectivity index (χ2v) is 8.19. The topological polar surface area (TPSA) is 88.9 Å². The lowest BCUT2D eigenvalue weighted by Crippen LogP contribution is -2.28. The number of carbonyl (C=O) groups is 2. The van der Waals surface area contributed by atoms with Crippen molar-refractivity contribution in [1.29, 1.82) is 0 Å². The Labute approximate surface area is 186 Å². The number of anilines is 1. The van der Waals surface area contributed by atoms with E-state index in [1.54, 1.807) is 12.1 Å². The van der Waals surface area contributed by atoms with Crippen LogP contribution in [0.5, 0.6) is 0 Å². The lowest BCUT2D eigenvalue weighted by molar-refractivity contribution is -0.113. The maximum absolute atomic E-state index is 12.5. The zero-order valence-electron chi connectivity index (χ0n) is 18.2. The van der Waals surface area contributed by atoms with Crippen LogP contribution in [-0.4, -0.2) is 32.3 Å². The molecule has 8 heteroatoms. The van der Waals surface area contributed by atoms with Crippen LogP contribution >= 0.6 is 11.8 Å². The van der Waals surface area contributed by atoms with E-state index in [-0.39, 0.29) is 23.6 Å². The predicted octanol–water partition coefficient (Wildman–Crippen LogP) is 4.14. The molecule has 1 atom stereocenters. The summed E-state index contributed by atoms with van der Waals surface area (Å²) in [7, 11) is 0. The quantitative estimate of drug-likeness (QED) is 0.517. The first kappa shape index (κ1) is 22.6. The van der Waals surface area contributed by atoms with E-state index < -0.39 is 0 Å². The molecule has 7 nitrogen and oxygen atoms in total. The molecule has 0 aliphatic rings. The molecule has 0 saturated carbocycles. The van der Waals surface area contributed by atoms with Crippen LogP contribution in [-0.2, 0) is 11.3 Å². The molecule has 0 aliphatic heterocycles. The van der Waals surface area contributed by atoms with Gasteiger partial charge in [0.05, 0.1) is 11.8 Å². The Bertz CT molecular complexity index is 1040. The average molecular weight is 438 g/mol. The summed E-state index contributed by atoms with van der Waals surface area (Å²) in [5.74, 6) is 0.613. The highest BCUT2D eigenvalue weighted by Gasteiger charge is 2.20. The van der Waals surface area contributed by atoms with Crippen molar-refractivity contribution in [2.24, 2.45) is 0 Å². The number of aromatic nitrogens is 3. The van der Waals surface area contributed by atoms with Gasteiger partial charge in [-0.2, -0.15) is 0 Å². The predicted molar refractivity (Wildman–Crippen MR) is 123 cm³/mol. The van der Waals surface area contributed by atoms with Crippen molar-refractivity contribution in [3.8, 4) is 0 Å². The van der Waals surface area contributed by atoms with E-state index in [0.717, 1.165) is 16.8 Å². The number of hydrogen-bond acceptors (Lipinski definition) is 5. The van der Waals surface area contributed by atoms with Crippen LogP contribution in [0.2, 0.25) is 0 Å². The van der Waals surface area contributed by atoms with Crippen molar-refractivity contribution in [2.75, 3.05) is 11.1 Å². The van der Waals surface area contributed by atoms with Gasteiger partial charge in [0.2, 0.25) is 5.91 Å². The summed E-state index contributed by atoms with van der Waals surface area (Å²) < 4.78 is 1.92. The third-order valence-electron chi connectivity index (χ3n) is 4.91. The largest absolute Gasteiger partial charge is 0.342 e. The Balaban J connectivity index is 1.64. The first-order valence-corrected chi connectivity index (χ1v) is 11.2. The number of para-hydroxylation sites is 1. The second-order valence-electron chi connectivity index (χ2n) is 7.25. The van der Waals surface area contributed by atoms with Gasteiger partial charge in [-0.15, -0.1) is 10.2 Å². The number of nitrogens with zero attached hydrogens (tertiary/aromatic N) is 3. The van der Waals surface area contributed by atoms with Crippen molar-refractivity contribution >= 4 is 29.3 Å². The highest BCUT2D eigenvalue weighted by Crippen LogP contribution is 2.23. The third kappa shape index (κ3) is 5.52. The molecule has 31 heavy (non-hydrogen) atoms. The zero-order valence-corrected chi connectivity index (χ0v) is 19.0. The molecule has 0 fully saturated rings. The molecule has 2 amide bonds. The number of thioether (sulfide) groups is 1. The minimum Gasteiger partial charge on any atom is -0.342 e. The number of rotatable bonds is 8. The SMILES string of the molecule is CCn1c(SCC(=O)Nc2c(C)cccc2C)nnc1[C@@H](C)NC(=O)c1ccccc1. The summed E-state index contributed by atoms with van der Waals surface area (Å²) in [6, 6.07) is 14.6. The van der Waals surface area contributed by atoms with E-state index in [1.165, 1.54) is 11.8 Å². The maximum Gasteiger partial charge on any atom is 0.251 e. The Hall–Kier alpha value is -3.13. The van der Waals surface area contributed by atoms with Gasteiger partial charge in [-0.3, -0.25) is 9.59 Å². The fraction of sp³-hybridized carbons (Fsp3) is 0.304. The lowest BCUT2D eigenvalue weighted by atomic mass is 10.1.